The van der Waals surface area contributed by atoms with Gasteiger partial charge >= 0.3 is 6.03 Å². The van der Waals surface area contributed by atoms with Crippen molar-refractivity contribution in [1.82, 2.24) is 9.80 Å². The molecule has 2 aliphatic heterocycles. The van der Waals surface area contributed by atoms with Gasteiger partial charge in [-0.2, -0.15) is 4.90 Å². The number of nitrogens with one attached hydrogen (secondary N) is 1. The topological polar surface area (TPSA) is 76.2 Å². The van der Waals surface area contributed by atoms with Crippen LogP contribution in [-0.4, -0.2) is 67.1 Å². The highest BCUT2D eigenvalue weighted by atomic mass is 16.5. The number of amides is 3. The molecule has 3 amide bonds. The summed E-state index contributed by atoms with van der Waals surface area (Å²) in [7, 11) is 4.78. The molecule has 0 aliphatic carbocycles. The Bertz CT molecular complexity index is 579. The number of nitrogens with zero attached hydrogens (tertiary/aromatic N) is 3. The molecule has 7 heteroatoms. The van der Waals surface area contributed by atoms with Crippen LogP contribution in [0.4, 0.5) is 4.79 Å². The molecule has 7 nitrogen and oxygen atoms in total. The van der Waals surface area contributed by atoms with Crippen molar-refractivity contribution in [2.24, 2.45) is 10.9 Å². The summed E-state index contributed by atoms with van der Waals surface area (Å²) in [5.41, 5.74) is 1.69. The van der Waals surface area contributed by atoms with Crippen molar-refractivity contribution >= 4 is 23.5 Å². The highest BCUT2D eigenvalue weighted by Crippen LogP contribution is 2.23. The number of fused-ring (bicyclic) bond motifs is 1. The number of imide groups is 1. The number of hydrogen-bond acceptors (Lipinski definition) is 4. The van der Waals surface area contributed by atoms with Gasteiger partial charge in [-0.1, -0.05) is 6.92 Å². The van der Waals surface area contributed by atoms with Gasteiger partial charge in [0, 0.05) is 19.7 Å². The molecule has 0 aromatic carbocycles. The van der Waals surface area contributed by atoms with Crippen LogP contribution in [0.5, 0.6) is 0 Å². The summed E-state index contributed by atoms with van der Waals surface area (Å²) in [5.74, 6) is -0.256. The molecule has 2 unspecified atom stereocenters. The highest BCUT2D eigenvalue weighted by Gasteiger charge is 2.50. The second kappa shape index (κ2) is 6.39. The van der Waals surface area contributed by atoms with Crippen LogP contribution in [0, 0.1) is 5.92 Å². The fraction of sp³-hybridized carbons (Fsp3) is 0.600. The molecular formula is C15H23N4O3+. The van der Waals surface area contributed by atoms with Crippen molar-refractivity contribution in [3.05, 3.63) is 11.8 Å². The predicted molar refractivity (Wildman–Crippen MR) is 82.5 cm³/mol. The molecule has 2 rings (SSSR count). The molecule has 2 aliphatic rings. The van der Waals surface area contributed by atoms with E-state index in [9.17, 15) is 9.59 Å². The van der Waals surface area contributed by atoms with E-state index < -0.39 is 5.92 Å². The Morgan fingerprint density at radius 2 is 2.05 bits per heavy atom. The van der Waals surface area contributed by atoms with E-state index in [-0.39, 0.29) is 18.0 Å². The molecule has 2 heterocycles. The van der Waals surface area contributed by atoms with Gasteiger partial charge in [-0.05, 0) is 13.3 Å². The van der Waals surface area contributed by atoms with Gasteiger partial charge in [0.2, 0.25) is 0 Å². The number of allylic oxidation sites excluding steroid dienone is 1. The summed E-state index contributed by atoms with van der Waals surface area (Å²) >= 11 is 0. The molecule has 0 aromatic heterocycles. The van der Waals surface area contributed by atoms with E-state index >= 15 is 0 Å². The van der Waals surface area contributed by atoms with E-state index in [1.165, 1.54) is 11.9 Å². The number of urea groups is 1. The summed E-state index contributed by atoms with van der Waals surface area (Å²) in [6.45, 7) is 4.44. The minimum atomic E-state index is -0.563. The lowest BCUT2D eigenvalue weighted by Gasteiger charge is -2.33. The van der Waals surface area contributed by atoms with E-state index in [0.29, 0.717) is 12.4 Å². The predicted octanol–water partition coefficient (Wildman–Crippen LogP) is -0.611. The number of rotatable bonds is 4. The van der Waals surface area contributed by atoms with Crippen LogP contribution in [0.1, 0.15) is 20.3 Å². The molecule has 22 heavy (non-hydrogen) atoms. The Kier molecular flexibility index (Phi) is 4.75. The lowest BCUT2D eigenvalue weighted by molar-refractivity contribution is -0.383. The zero-order valence-electron chi connectivity index (χ0n) is 13.7. The average Bonchev–Trinajstić information content (AvgIpc) is 2.50. The van der Waals surface area contributed by atoms with Crippen LogP contribution >= 0.6 is 0 Å². The number of carbonyl (C=O) groups excluding carboxylic acids is 2. The second-order valence-corrected chi connectivity index (χ2v) is 5.54. The van der Waals surface area contributed by atoms with Gasteiger partial charge < -0.3 is 4.74 Å². The van der Waals surface area contributed by atoms with Crippen LogP contribution in [0.2, 0.25) is 0 Å². The van der Waals surface area contributed by atoms with E-state index in [4.69, 9.17) is 4.74 Å². The Morgan fingerprint density at radius 1 is 1.36 bits per heavy atom. The van der Waals surface area contributed by atoms with Crippen molar-refractivity contribution < 1.29 is 19.3 Å². The summed E-state index contributed by atoms with van der Waals surface area (Å²) < 4.78 is 5.13. The van der Waals surface area contributed by atoms with Crippen LogP contribution in [0.3, 0.4) is 0 Å². The van der Waals surface area contributed by atoms with Crippen molar-refractivity contribution in [3.8, 4) is 0 Å². The SMILES string of the molecule is CCC1=C[NH+]=C2C(C(=O)N(C)C(=O)N2C)C1=NC(C)COC. The van der Waals surface area contributed by atoms with Gasteiger partial charge in [0.25, 0.3) is 11.7 Å². The molecule has 2 atom stereocenters. The first-order chi connectivity index (χ1) is 10.4. The zero-order valence-corrected chi connectivity index (χ0v) is 13.7. The Balaban J connectivity index is 2.49. The molecule has 1 saturated heterocycles. The van der Waals surface area contributed by atoms with Gasteiger partial charge in [-0.3, -0.25) is 9.79 Å². The minimum absolute atomic E-state index is 0.0599. The van der Waals surface area contributed by atoms with Crippen LogP contribution < -0.4 is 4.99 Å². The minimum Gasteiger partial charge on any atom is -0.382 e. The first kappa shape index (κ1) is 16.4. The third-order valence-corrected chi connectivity index (χ3v) is 3.93. The van der Waals surface area contributed by atoms with E-state index in [1.807, 2.05) is 20.0 Å². The fourth-order valence-corrected chi connectivity index (χ4v) is 2.73. The number of amidine groups is 1. The van der Waals surface area contributed by atoms with E-state index in [2.05, 4.69) is 9.98 Å². The van der Waals surface area contributed by atoms with Gasteiger partial charge in [0.1, 0.15) is 0 Å². The number of carbonyl (C=O) groups is 2. The quantitative estimate of drug-likeness (QED) is 0.753. The third-order valence-electron chi connectivity index (χ3n) is 3.93. The molecule has 1 N–H and O–H groups in total. The maximum Gasteiger partial charge on any atom is 0.417 e. The van der Waals surface area contributed by atoms with Gasteiger partial charge in [-0.15, -0.1) is 0 Å². The van der Waals surface area contributed by atoms with Crippen molar-refractivity contribution in [3.63, 3.8) is 0 Å². The van der Waals surface area contributed by atoms with Crippen molar-refractivity contribution in [1.29, 1.82) is 0 Å². The van der Waals surface area contributed by atoms with Crippen molar-refractivity contribution in [2.75, 3.05) is 27.8 Å². The van der Waals surface area contributed by atoms with Crippen LogP contribution in [0.25, 0.3) is 0 Å². The maximum atomic E-state index is 12.6. The smallest absolute Gasteiger partial charge is 0.382 e. The second-order valence-electron chi connectivity index (χ2n) is 5.54. The first-order valence-electron chi connectivity index (χ1n) is 7.37. The van der Waals surface area contributed by atoms with Crippen LogP contribution in [0.15, 0.2) is 16.8 Å². The third kappa shape index (κ3) is 2.68. The van der Waals surface area contributed by atoms with E-state index in [0.717, 1.165) is 22.6 Å². The zero-order chi connectivity index (χ0) is 16.4. The normalized spacial score (nSPS) is 25.1. The lowest BCUT2D eigenvalue weighted by Crippen LogP contribution is -2.80. The van der Waals surface area contributed by atoms with Gasteiger partial charge in [0.05, 0.1) is 31.6 Å². The van der Waals surface area contributed by atoms with E-state index in [1.54, 1.807) is 14.2 Å². The van der Waals surface area contributed by atoms with Crippen molar-refractivity contribution in [2.45, 2.75) is 26.3 Å². The number of aliphatic imine (C=N–C) groups is 1. The molecule has 0 bridgehead atoms. The molecule has 120 valence electrons. The molecule has 1 fully saturated rings. The maximum absolute atomic E-state index is 12.6. The number of hydrogen-bond donors (Lipinski definition) is 1. The van der Waals surface area contributed by atoms with Gasteiger partial charge in [0.15, 0.2) is 5.92 Å². The monoisotopic (exact) mass is 307 g/mol. The van der Waals surface area contributed by atoms with Gasteiger partial charge in [-0.25, -0.2) is 14.7 Å². The number of methoxy groups -OCH3 is 1. The number of ether oxygens (including phenoxy) is 1. The summed E-state index contributed by atoms with van der Waals surface area (Å²) in [6, 6.07) is -0.406. The molecule has 0 radical (unpaired) electrons. The fourth-order valence-electron chi connectivity index (χ4n) is 2.73. The summed E-state index contributed by atoms with van der Waals surface area (Å²) in [4.78, 5) is 35.0. The summed E-state index contributed by atoms with van der Waals surface area (Å²) in [5, 5.41) is 0. The van der Waals surface area contributed by atoms with Crippen LogP contribution in [-0.2, 0) is 9.53 Å². The lowest BCUT2D eigenvalue weighted by atomic mass is 9.89. The largest absolute Gasteiger partial charge is 0.417 e. The molecule has 0 saturated carbocycles. The Labute approximate surface area is 130 Å². The standard InChI is InChI=1S/C15H22N4O3/c1-6-10-7-16-13-11(12(10)17-9(2)8-22-5)14(20)19(4)15(21)18(13)3/h7,9,11H,6,8H2,1-5H3/p+1. The first-order valence-corrected chi connectivity index (χ1v) is 7.37. The molecular weight excluding hydrogens is 284 g/mol. The highest BCUT2D eigenvalue weighted by molar-refractivity contribution is 6.31. The molecule has 0 aromatic rings. The summed E-state index contributed by atoms with van der Waals surface area (Å²) in [6.07, 6.45) is 2.58. The average molecular weight is 307 g/mol. The Morgan fingerprint density at radius 3 is 2.64 bits per heavy atom. The molecule has 0 spiro atoms. The Hall–Kier alpha value is -2.02.